The molecule has 7 atom stereocenters. The van der Waals surface area contributed by atoms with Crippen LogP contribution in [0.5, 0.6) is 0 Å². The zero-order valence-corrected chi connectivity index (χ0v) is 14.3. The molecule has 4 nitrogen and oxygen atoms in total. The molecule has 1 saturated heterocycles. The molecule has 5 rings (SSSR count). The number of rotatable bonds is 1. The molecule has 24 heavy (non-hydrogen) atoms. The summed E-state index contributed by atoms with van der Waals surface area (Å²) in [7, 11) is 0. The van der Waals surface area contributed by atoms with E-state index in [0.29, 0.717) is 18.4 Å². The van der Waals surface area contributed by atoms with Gasteiger partial charge in [0.15, 0.2) is 0 Å². The smallest absolute Gasteiger partial charge is 0.312 e. The Morgan fingerprint density at radius 1 is 1.29 bits per heavy atom. The highest BCUT2D eigenvalue weighted by Gasteiger charge is 2.78. The average molecular weight is 330 g/mol. The van der Waals surface area contributed by atoms with Crippen LogP contribution in [0.25, 0.3) is 0 Å². The lowest BCUT2D eigenvalue weighted by molar-refractivity contribution is -0.200. The number of carboxylic acid groups (broad SMARTS) is 1. The molecule has 0 aromatic heterocycles. The number of carbonyl (C=O) groups excluding carboxylic acids is 1. The van der Waals surface area contributed by atoms with Gasteiger partial charge in [0.1, 0.15) is 0 Å². The molecule has 130 valence electrons. The highest BCUT2D eigenvalue weighted by Crippen LogP contribution is 2.78. The lowest BCUT2D eigenvalue weighted by Crippen LogP contribution is -2.58. The molecule has 0 aromatic carbocycles. The SMILES string of the molecule is C=C1C[C@]23C[C@H]1CC[C@H]2[C@@]12CCCC(C)(C(=O)OC1)[C@H]2[C@@H]3C(=O)O. The van der Waals surface area contributed by atoms with Gasteiger partial charge in [0, 0.05) is 5.41 Å². The number of cyclic esters (lactones) is 1. The molecule has 4 aliphatic carbocycles. The van der Waals surface area contributed by atoms with Crippen molar-refractivity contribution in [2.24, 2.45) is 39.9 Å². The number of carbonyl (C=O) groups is 2. The minimum atomic E-state index is -0.690. The number of carboxylic acids is 1. The Bertz CT molecular complexity index is 669. The van der Waals surface area contributed by atoms with E-state index in [2.05, 4.69) is 6.58 Å². The highest BCUT2D eigenvalue weighted by atomic mass is 16.5. The van der Waals surface area contributed by atoms with Crippen molar-refractivity contribution in [3.05, 3.63) is 12.2 Å². The molecule has 0 aromatic rings. The molecule has 1 spiro atoms. The van der Waals surface area contributed by atoms with E-state index < -0.39 is 17.3 Å². The predicted octanol–water partition coefficient (Wildman–Crippen LogP) is 3.41. The van der Waals surface area contributed by atoms with Crippen molar-refractivity contribution in [2.75, 3.05) is 6.61 Å². The molecule has 1 aliphatic heterocycles. The fraction of sp³-hybridized carbons (Fsp3) is 0.800. The van der Waals surface area contributed by atoms with E-state index in [0.717, 1.165) is 44.9 Å². The molecule has 0 amide bonds. The van der Waals surface area contributed by atoms with Crippen molar-refractivity contribution in [2.45, 2.75) is 51.9 Å². The summed E-state index contributed by atoms with van der Waals surface area (Å²) in [5.41, 5.74) is 0.339. The van der Waals surface area contributed by atoms with E-state index in [1.807, 2.05) is 6.92 Å². The van der Waals surface area contributed by atoms with Gasteiger partial charge in [-0.3, -0.25) is 9.59 Å². The Labute approximate surface area is 142 Å². The summed E-state index contributed by atoms with van der Waals surface area (Å²) in [4.78, 5) is 25.2. The van der Waals surface area contributed by atoms with Crippen LogP contribution in [0.1, 0.15) is 51.9 Å². The molecule has 4 saturated carbocycles. The summed E-state index contributed by atoms with van der Waals surface area (Å²) < 4.78 is 5.71. The van der Waals surface area contributed by atoms with Crippen LogP contribution in [-0.2, 0) is 14.3 Å². The number of fused-ring (bicyclic) bond motifs is 1. The van der Waals surface area contributed by atoms with Crippen LogP contribution < -0.4 is 0 Å². The third kappa shape index (κ3) is 1.40. The molecule has 5 fully saturated rings. The van der Waals surface area contributed by atoms with Crippen LogP contribution in [0.4, 0.5) is 0 Å². The van der Waals surface area contributed by atoms with Crippen LogP contribution in [0, 0.1) is 39.9 Å². The van der Waals surface area contributed by atoms with Gasteiger partial charge >= 0.3 is 11.9 Å². The van der Waals surface area contributed by atoms with Crippen molar-refractivity contribution >= 4 is 11.9 Å². The Morgan fingerprint density at radius 3 is 2.83 bits per heavy atom. The number of allylic oxidation sites excluding steroid dienone is 1. The maximum atomic E-state index is 12.7. The van der Waals surface area contributed by atoms with E-state index in [1.165, 1.54) is 5.57 Å². The summed E-state index contributed by atoms with van der Waals surface area (Å²) in [6.07, 6.45) is 6.85. The van der Waals surface area contributed by atoms with Gasteiger partial charge in [-0.05, 0) is 68.6 Å². The quantitative estimate of drug-likeness (QED) is 0.591. The molecular weight excluding hydrogens is 304 g/mol. The molecule has 1 unspecified atom stereocenters. The third-order valence-corrected chi connectivity index (χ3v) is 8.75. The number of hydrogen-bond acceptors (Lipinski definition) is 3. The van der Waals surface area contributed by atoms with Crippen molar-refractivity contribution in [1.82, 2.24) is 0 Å². The second kappa shape index (κ2) is 4.25. The van der Waals surface area contributed by atoms with Crippen LogP contribution >= 0.6 is 0 Å². The fourth-order valence-electron chi connectivity index (χ4n) is 8.18. The summed E-state index contributed by atoms with van der Waals surface area (Å²) in [5, 5.41) is 10.3. The van der Waals surface area contributed by atoms with Gasteiger partial charge in [-0.25, -0.2) is 0 Å². The first-order chi connectivity index (χ1) is 11.4. The lowest BCUT2D eigenvalue weighted by atomic mass is 9.51. The summed E-state index contributed by atoms with van der Waals surface area (Å²) in [6, 6.07) is 0. The first-order valence-electron chi connectivity index (χ1n) is 9.43. The van der Waals surface area contributed by atoms with E-state index >= 15 is 0 Å². The van der Waals surface area contributed by atoms with E-state index in [4.69, 9.17) is 4.74 Å². The topological polar surface area (TPSA) is 63.6 Å². The minimum Gasteiger partial charge on any atom is -0.481 e. The molecule has 4 bridgehead atoms. The van der Waals surface area contributed by atoms with Crippen LogP contribution in [0.3, 0.4) is 0 Å². The molecule has 5 aliphatic rings. The fourth-order valence-corrected chi connectivity index (χ4v) is 8.18. The Hall–Kier alpha value is -1.32. The van der Waals surface area contributed by atoms with E-state index in [9.17, 15) is 14.7 Å². The zero-order valence-electron chi connectivity index (χ0n) is 14.3. The number of aliphatic carboxylic acids is 1. The van der Waals surface area contributed by atoms with Crippen molar-refractivity contribution in [1.29, 1.82) is 0 Å². The largest absolute Gasteiger partial charge is 0.481 e. The van der Waals surface area contributed by atoms with E-state index in [1.54, 1.807) is 0 Å². The van der Waals surface area contributed by atoms with Crippen molar-refractivity contribution in [3.8, 4) is 0 Å². The van der Waals surface area contributed by atoms with E-state index in [-0.39, 0.29) is 22.7 Å². The molecule has 1 heterocycles. The maximum absolute atomic E-state index is 12.7. The molecule has 1 N–H and O–H groups in total. The van der Waals surface area contributed by atoms with Gasteiger partial charge in [0.2, 0.25) is 0 Å². The van der Waals surface area contributed by atoms with Gasteiger partial charge in [-0.1, -0.05) is 18.6 Å². The van der Waals surface area contributed by atoms with Crippen molar-refractivity contribution in [3.63, 3.8) is 0 Å². The third-order valence-electron chi connectivity index (χ3n) is 8.75. The van der Waals surface area contributed by atoms with Gasteiger partial charge < -0.3 is 9.84 Å². The van der Waals surface area contributed by atoms with Gasteiger partial charge in [0.25, 0.3) is 0 Å². The Kier molecular flexibility index (Phi) is 2.66. The van der Waals surface area contributed by atoms with Crippen molar-refractivity contribution < 1.29 is 19.4 Å². The lowest BCUT2D eigenvalue weighted by Gasteiger charge is -2.55. The normalized spacial score (nSPS) is 54.9. The Balaban J connectivity index is 1.75. The first-order valence-corrected chi connectivity index (χ1v) is 9.43. The zero-order chi connectivity index (χ0) is 16.9. The summed E-state index contributed by atoms with van der Waals surface area (Å²) >= 11 is 0. The second-order valence-corrected chi connectivity index (χ2v) is 9.47. The highest BCUT2D eigenvalue weighted by molar-refractivity contribution is 5.82. The second-order valence-electron chi connectivity index (χ2n) is 9.47. The number of hydrogen-bond donors (Lipinski definition) is 1. The number of ether oxygens (including phenoxy) is 1. The first kappa shape index (κ1) is 15.0. The standard InChI is InChI=1S/C20H26O4/c1-11-8-20-9-12(11)4-5-13(20)19-7-3-6-18(2,17(23)24-10-19)15(19)14(20)16(21)22/h12-15H,1,3-10H2,2H3,(H,21,22)/t12-,13+,14-,15-,18?,19-,20+/m1/s1. The average Bonchev–Trinajstić information content (AvgIpc) is 2.93. The molecule has 4 heteroatoms. The van der Waals surface area contributed by atoms with Gasteiger partial charge in [0.05, 0.1) is 17.9 Å². The van der Waals surface area contributed by atoms with Crippen LogP contribution in [-0.4, -0.2) is 23.7 Å². The summed E-state index contributed by atoms with van der Waals surface area (Å²) in [6.45, 7) is 6.72. The molecule has 0 radical (unpaired) electrons. The van der Waals surface area contributed by atoms with Gasteiger partial charge in [-0.2, -0.15) is 0 Å². The monoisotopic (exact) mass is 330 g/mol. The Morgan fingerprint density at radius 2 is 2.08 bits per heavy atom. The number of esters is 1. The minimum absolute atomic E-state index is 0.0628. The van der Waals surface area contributed by atoms with Gasteiger partial charge in [-0.15, -0.1) is 0 Å². The van der Waals surface area contributed by atoms with Crippen LogP contribution in [0.2, 0.25) is 0 Å². The summed E-state index contributed by atoms with van der Waals surface area (Å²) in [5.74, 6) is -0.458. The predicted molar refractivity (Wildman–Crippen MR) is 87.0 cm³/mol. The molecular formula is C20H26O4. The maximum Gasteiger partial charge on any atom is 0.312 e. The van der Waals surface area contributed by atoms with Crippen LogP contribution in [0.15, 0.2) is 12.2 Å².